The van der Waals surface area contributed by atoms with Crippen LogP contribution in [-0.4, -0.2) is 82.3 Å². The molecule has 0 bridgehead atoms. The molecular formula is C14H25N5O8. The maximum absolute atomic E-state index is 11.9. The fourth-order valence-electron chi connectivity index (χ4n) is 1.81. The lowest BCUT2D eigenvalue weighted by molar-refractivity contribution is -0.144. The Labute approximate surface area is 154 Å². The smallest absolute Gasteiger partial charge is 0.328 e. The van der Waals surface area contributed by atoms with Crippen LogP contribution in [-0.2, 0) is 24.0 Å². The van der Waals surface area contributed by atoms with Crippen molar-refractivity contribution in [3.05, 3.63) is 0 Å². The number of aliphatic hydroxyl groups excluding tert-OH is 2. The zero-order valence-electron chi connectivity index (χ0n) is 14.7. The Morgan fingerprint density at radius 1 is 1.07 bits per heavy atom. The molecule has 0 rings (SSSR count). The zero-order chi connectivity index (χ0) is 21.1. The van der Waals surface area contributed by atoms with Gasteiger partial charge in [0.2, 0.25) is 23.6 Å². The van der Waals surface area contributed by atoms with Gasteiger partial charge in [-0.15, -0.1) is 0 Å². The molecule has 0 aromatic carbocycles. The lowest BCUT2D eigenvalue weighted by Gasteiger charge is -2.20. The van der Waals surface area contributed by atoms with Gasteiger partial charge in [0.1, 0.15) is 6.04 Å². The number of carboxylic acid groups (broad SMARTS) is 1. The molecule has 4 amide bonds. The van der Waals surface area contributed by atoms with Crippen molar-refractivity contribution >= 4 is 29.6 Å². The Morgan fingerprint density at radius 2 is 1.67 bits per heavy atom. The number of carboxylic acids is 1. The van der Waals surface area contributed by atoms with Crippen molar-refractivity contribution in [3.8, 4) is 0 Å². The van der Waals surface area contributed by atoms with Crippen molar-refractivity contribution < 1.29 is 39.3 Å². The first kappa shape index (κ1) is 24.2. The minimum Gasteiger partial charge on any atom is -0.480 e. The highest BCUT2D eigenvalue weighted by Crippen LogP contribution is 1.96. The Bertz CT molecular complexity index is 568. The van der Waals surface area contributed by atoms with E-state index in [1.165, 1.54) is 0 Å². The summed E-state index contributed by atoms with van der Waals surface area (Å²) < 4.78 is 0. The standard InChI is InChI=1S/C14H25N5O8/c1-6(21)11(14(26)27)19-10(23)4-17-13(25)8(5-20)18-12(24)7(15)2-3-9(16)22/h6-8,11,20-21H,2-5,15H2,1H3,(H2,16,22)(H,17,25)(H,18,24)(H,19,23)(H,26,27). The molecule has 4 unspecified atom stereocenters. The maximum atomic E-state index is 11.9. The maximum Gasteiger partial charge on any atom is 0.328 e. The van der Waals surface area contributed by atoms with E-state index in [1.54, 1.807) is 0 Å². The number of carbonyl (C=O) groups excluding carboxylic acids is 4. The van der Waals surface area contributed by atoms with Gasteiger partial charge < -0.3 is 42.7 Å². The molecule has 0 fully saturated rings. The minimum absolute atomic E-state index is 0.0563. The Kier molecular flexibility index (Phi) is 10.6. The first-order valence-corrected chi connectivity index (χ1v) is 7.92. The lowest BCUT2D eigenvalue weighted by Crippen LogP contribution is -2.55. The normalized spacial score (nSPS) is 15.0. The second-order valence-corrected chi connectivity index (χ2v) is 5.70. The second kappa shape index (κ2) is 11.8. The quantitative estimate of drug-likeness (QED) is 0.159. The molecule has 0 spiro atoms. The second-order valence-electron chi connectivity index (χ2n) is 5.70. The van der Waals surface area contributed by atoms with Gasteiger partial charge in [0, 0.05) is 6.42 Å². The van der Waals surface area contributed by atoms with Gasteiger partial charge in [-0.05, 0) is 13.3 Å². The molecule has 0 saturated carbocycles. The summed E-state index contributed by atoms with van der Waals surface area (Å²) in [7, 11) is 0. The monoisotopic (exact) mass is 391 g/mol. The van der Waals surface area contributed by atoms with E-state index in [0.717, 1.165) is 6.92 Å². The molecule has 0 aliphatic heterocycles. The van der Waals surface area contributed by atoms with E-state index in [1.807, 2.05) is 5.32 Å². The van der Waals surface area contributed by atoms with Crippen molar-refractivity contribution in [2.24, 2.45) is 11.5 Å². The van der Waals surface area contributed by atoms with Crippen molar-refractivity contribution in [1.29, 1.82) is 0 Å². The highest BCUT2D eigenvalue weighted by molar-refractivity contribution is 5.92. The van der Waals surface area contributed by atoms with Crippen molar-refractivity contribution in [1.82, 2.24) is 16.0 Å². The SMILES string of the molecule is CC(O)C(NC(=O)CNC(=O)C(CO)NC(=O)C(N)CCC(N)=O)C(=O)O. The van der Waals surface area contributed by atoms with Gasteiger partial charge in [0.05, 0.1) is 25.3 Å². The lowest BCUT2D eigenvalue weighted by atomic mass is 10.1. The van der Waals surface area contributed by atoms with E-state index in [9.17, 15) is 34.2 Å². The molecule has 0 saturated heterocycles. The predicted octanol–water partition coefficient (Wildman–Crippen LogP) is -4.88. The van der Waals surface area contributed by atoms with Gasteiger partial charge in [-0.2, -0.15) is 0 Å². The zero-order valence-corrected chi connectivity index (χ0v) is 14.7. The summed E-state index contributed by atoms with van der Waals surface area (Å²) in [6.45, 7) is -0.293. The first-order chi connectivity index (χ1) is 12.5. The number of carbonyl (C=O) groups is 5. The molecule has 4 atom stereocenters. The van der Waals surface area contributed by atoms with Gasteiger partial charge in [-0.3, -0.25) is 19.2 Å². The van der Waals surface area contributed by atoms with Crippen LogP contribution in [0.2, 0.25) is 0 Å². The molecular weight excluding hydrogens is 366 g/mol. The van der Waals surface area contributed by atoms with E-state index in [0.29, 0.717) is 0 Å². The number of rotatable bonds is 12. The number of hydrogen-bond donors (Lipinski definition) is 8. The third-order valence-corrected chi connectivity index (χ3v) is 3.34. The fourth-order valence-corrected chi connectivity index (χ4v) is 1.81. The van der Waals surface area contributed by atoms with Gasteiger partial charge in [-0.25, -0.2) is 4.79 Å². The highest BCUT2D eigenvalue weighted by Gasteiger charge is 2.26. The van der Waals surface area contributed by atoms with E-state index in [-0.39, 0.29) is 12.8 Å². The highest BCUT2D eigenvalue weighted by atomic mass is 16.4. The summed E-state index contributed by atoms with van der Waals surface area (Å²) in [6, 6.07) is -4.12. The average Bonchev–Trinajstić information content (AvgIpc) is 2.58. The van der Waals surface area contributed by atoms with Gasteiger partial charge in [0.25, 0.3) is 0 Å². The van der Waals surface area contributed by atoms with Crippen LogP contribution in [0.1, 0.15) is 19.8 Å². The van der Waals surface area contributed by atoms with Crippen LogP contribution < -0.4 is 27.4 Å². The third-order valence-electron chi connectivity index (χ3n) is 3.34. The molecule has 0 aliphatic rings. The summed E-state index contributed by atoms with van der Waals surface area (Å²) in [5, 5.41) is 33.5. The molecule has 154 valence electrons. The van der Waals surface area contributed by atoms with E-state index in [4.69, 9.17) is 16.6 Å². The Balaban J connectivity index is 4.55. The van der Waals surface area contributed by atoms with Crippen LogP contribution >= 0.6 is 0 Å². The van der Waals surface area contributed by atoms with E-state index >= 15 is 0 Å². The summed E-state index contributed by atoms with van der Waals surface area (Å²) in [5.41, 5.74) is 10.5. The molecule has 13 nitrogen and oxygen atoms in total. The van der Waals surface area contributed by atoms with Gasteiger partial charge in [0.15, 0.2) is 6.04 Å². The van der Waals surface area contributed by atoms with Crippen molar-refractivity contribution in [2.45, 2.75) is 44.0 Å². The minimum atomic E-state index is -1.56. The van der Waals surface area contributed by atoms with Crippen LogP contribution in [0.5, 0.6) is 0 Å². The first-order valence-electron chi connectivity index (χ1n) is 7.92. The molecule has 0 aromatic heterocycles. The van der Waals surface area contributed by atoms with Gasteiger partial charge in [-0.1, -0.05) is 0 Å². The molecule has 0 heterocycles. The van der Waals surface area contributed by atoms with Crippen LogP contribution in [0.25, 0.3) is 0 Å². The van der Waals surface area contributed by atoms with Gasteiger partial charge >= 0.3 is 5.97 Å². The summed E-state index contributed by atoms with van der Waals surface area (Å²) in [6.07, 6.45) is -1.56. The number of primary amides is 1. The molecule has 10 N–H and O–H groups in total. The number of aliphatic carboxylic acids is 1. The van der Waals surface area contributed by atoms with Crippen LogP contribution in [0, 0.1) is 0 Å². The summed E-state index contributed by atoms with van der Waals surface area (Å²) >= 11 is 0. The molecule has 0 radical (unpaired) electrons. The number of amides is 4. The number of hydrogen-bond acceptors (Lipinski definition) is 8. The predicted molar refractivity (Wildman–Crippen MR) is 89.7 cm³/mol. The molecule has 0 aliphatic carbocycles. The number of nitrogens with two attached hydrogens (primary N) is 2. The third kappa shape index (κ3) is 9.48. The van der Waals surface area contributed by atoms with Crippen LogP contribution in [0.3, 0.4) is 0 Å². The number of nitrogens with one attached hydrogen (secondary N) is 3. The average molecular weight is 391 g/mol. The van der Waals surface area contributed by atoms with Crippen molar-refractivity contribution in [3.63, 3.8) is 0 Å². The largest absolute Gasteiger partial charge is 0.480 e. The Hall–Kier alpha value is -2.77. The Morgan fingerprint density at radius 3 is 2.11 bits per heavy atom. The van der Waals surface area contributed by atoms with Crippen LogP contribution in [0.15, 0.2) is 0 Å². The molecule has 0 aromatic rings. The molecule has 27 heavy (non-hydrogen) atoms. The summed E-state index contributed by atoms with van der Waals surface area (Å²) in [4.78, 5) is 56.9. The summed E-state index contributed by atoms with van der Waals surface area (Å²) in [5.74, 6) is -4.76. The number of aliphatic hydroxyl groups is 2. The fraction of sp³-hybridized carbons (Fsp3) is 0.643. The molecule has 13 heteroatoms. The topological polar surface area (TPSA) is 234 Å². The van der Waals surface area contributed by atoms with Crippen molar-refractivity contribution in [2.75, 3.05) is 13.2 Å². The van der Waals surface area contributed by atoms with Crippen LogP contribution in [0.4, 0.5) is 0 Å². The van der Waals surface area contributed by atoms with E-state index < -0.39 is 67.0 Å². The van der Waals surface area contributed by atoms with E-state index in [2.05, 4.69) is 10.6 Å².